The van der Waals surface area contributed by atoms with Crippen molar-refractivity contribution < 1.29 is 18.6 Å². The first-order valence-electron chi connectivity index (χ1n) is 8.86. The van der Waals surface area contributed by atoms with Crippen molar-refractivity contribution in [2.24, 2.45) is 0 Å². The van der Waals surface area contributed by atoms with E-state index in [2.05, 4.69) is 9.97 Å². The van der Waals surface area contributed by atoms with Crippen molar-refractivity contribution in [3.05, 3.63) is 16.2 Å². The molecule has 2 aliphatic rings. The maximum atomic E-state index is 14.5. The molecule has 4 atom stereocenters. The largest absolute Gasteiger partial charge is 0.456 e. The van der Waals surface area contributed by atoms with Crippen molar-refractivity contribution in [3.8, 4) is 6.01 Å². The van der Waals surface area contributed by atoms with Crippen molar-refractivity contribution in [2.45, 2.75) is 57.2 Å². The highest BCUT2D eigenvalue weighted by Crippen LogP contribution is 2.35. The number of ether oxygens (including phenoxy) is 3. The normalized spacial score (nSPS) is 29.4. The van der Waals surface area contributed by atoms with Crippen LogP contribution in [0.3, 0.4) is 0 Å². The minimum atomic E-state index is -1.21. The zero-order chi connectivity index (χ0) is 18.3. The Morgan fingerprint density at radius 2 is 2.15 bits per heavy atom. The lowest BCUT2D eigenvalue weighted by molar-refractivity contribution is -0.0371. The molecule has 4 heterocycles. The Bertz CT molecular complexity index is 797. The predicted molar refractivity (Wildman–Crippen MR) is 95.7 cm³/mol. The molecule has 0 radical (unpaired) electrons. The molecule has 26 heavy (non-hydrogen) atoms. The van der Waals surface area contributed by atoms with Crippen molar-refractivity contribution in [2.75, 3.05) is 13.2 Å². The molecule has 0 spiro atoms. The molecule has 142 valence electrons. The van der Waals surface area contributed by atoms with Crippen molar-refractivity contribution >= 4 is 34.4 Å². The first-order valence-corrected chi connectivity index (χ1v) is 9.62. The molecular weight excluding hydrogens is 384 g/mol. The van der Waals surface area contributed by atoms with E-state index in [0.717, 1.165) is 19.3 Å². The summed E-state index contributed by atoms with van der Waals surface area (Å²) < 4.78 is 33.5. The molecule has 4 rings (SSSR count). The SMILES string of the molecule is CC[C@H]1OC[C@@H](Oc2nc3cc(Cl)c(Cl)nc3n2C2CCCCO2)[C@H]1F. The molecule has 0 bridgehead atoms. The summed E-state index contributed by atoms with van der Waals surface area (Å²) in [6, 6.07) is 1.89. The van der Waals surface area contributed by atoms with Gasteiger partial charge in [-0.3, -0.25) is 4.57 Å². The zero-order valence-electron chi connectivity index (χ0n) is 14.3. The van der Waals surface area contributed by atoms with Gasteiger partial charge in [-0.25, -0.2) is 9.37 Å². The first-order chi connectivity index (χ1) is 12.6. The van der Waals surface area contributed by atoms with E-state index in [4.69, 9.17) is 37.4 Å². The number of nitrogens with zero attached hydrogens (tertiary/aromatic N) is 3. The van der Waals surface area contributed by atoms with E-state index in [1.54, 1.807) is 10.6 Å². The zero-order valence-corrected chi connectivity index (χ0v) is 15.8. The van der Waals surface area contributed by atoms with Gasteiger partial charge in [-0.2, -0.15) is 4.98 Å². The summed E-state index contributed by atoms with van der Waals surface area (Å²) in [4.78, 5) is 8.82. The Labute approximate surface area is 160 Å². The summed E-state index contributed by atoms with van der Waals surface area (Å²) >= 11 is 12.2. The van der Waals surface area contributed by atoms with Gasteiger partial charge in [0.2, 0.25) is 0 Å². The van der Waals surface area contributed by atoms with E-state index in [-0.39, 0.29) is 24.0 Å². The van der Waals surface area contributed by atoms with E-state index >= 15 is 0 Å². The van der Waals surface area contributed by atoms with Crippen LogP contribution in [0.25, 0.3) is 11.2 Å². The molecule has 0 N–H and O–H groups in total. The van der Waals surface area contributed by atoms with Gasteiger partial charge in [-0.1, -0.05) is 30.1 Å². The predicted octanol–water partition coefficient (Wildman–Crippen LogP) is 4.33. The van der Waals surface area contributed by atoms with Gasteiger partial charge in [0.15, 0.2) is 17.9 Å². The summed E-state index contributed by atoms with van der Waals surface area (Å²) in [5, 5.41) is 0.486. The summed E-state index contributed by atoms with van der Waals surface area (Å²) in [5.41, 5.74) is 1.05. The average Bonchev–Trinajstić information content (AvgIpc) is 3.16. The summed E-state index contributed by atoms with van der Waals surface area (Å²) in [7, 11) is 0. The van der Waals surface area contributed by atoms with Crippen LogP contribution in [0.4, 0.5) is 4.39 Å². The fraction of sp³-hybridized carbons (Fsp3) is 0.647. The number of fused-ring (bicyclic) bond motifs is 1. The van der Waals surface area contributed by atoms with E-state index in [9.17, 15) is 4.39 Å². The van der Waals surface area contributed by atoms with Crippen molar-refractivity contribution in [3.63, 3.8) is 0 Å². The van der Waals surface area contributed by atoms with Crippen LogP contribution in [-0.2, 0) is 9.47 Å². The van der Waals surface area contributed by atoms with Gasteiger partial charge in [-0.15, -0.1) is 0 Å². The summed E-state index contributed by atoms with van der Waals surface area (Å²) in [6.07, 6.45) is 0.742. The second-order valence-corrected chi connectivity index (χ2v) is 7.34. The second-order valence-electron chi connectivity index (χ2n) is 6.57. The average molecular weight is 404 g/mol. The Morgan fingerprint density at radius 1 is 1.31 bits per heavy atom. The molecular formula is C17H20Cl2FN3O3. The Hall–Kier alpha value is -1.15. The maximum absolute atomic E-state index is 14.5. The van der Waals surface area contributed by atoms with Crippen molar-refractivity contribution in [1.82, 2.24) is 14.5 Å². The second kappa shape index (κ2) is 7.46. The van der Waals surface area contributed by atoms with Crippen molar-refractivity contribution in [1.29, 1.82) is 0 Å². The lowest BCUT2D eigenvalue weighted by Gasteiger charge is -2.26. The lowest BCUT2D eigenvalue weighted by Crippen LogP contribution is -2.32. The minimum absolute atomic E-state index is 0.182. The monoisotopic (exact) mass is 403 g/mol. The number of pyridine rings is 1. The van der Waals surface area contributed by atoms with Crippen LogP contribution >= 0.6 is 23.2 Å². The van der Waals surface area contributed by atoms with E-state index in [0.29, 0.717) is 29.2 Å². The quantitative estimate of drug-likeness (QED) is 0.710. The third kappa shape index (κ3) is 3.26. The van der Waals surface area contributed by atoms with Crippen LogP contribution in [0.5, 0.6) is 6.01 Å². The van der Waals surface area contributed by atoms with Gasteiger partial charge in [-0.05, 0) is 31.7 Å². The molecule has 9 heteroatoms. The van der Waals surface area contributed by atoms with Gasteiger partial charge < -0.3 is 14.2 Å². The molecule has 2 fully saturated rings. The van der Waals surface area contributed by atoms with Crippen LogP contribution in [0.2, 0.25) is 10.2 Å². The Balaban J connectivity index is 1.73. The Morgan fingerprint density at radius 3 is 2.85 bits per heavy atom. The van der Waals surface area contributed by atoms with Gasteiger partial charge in [0, 0.05) is 6.61 Å². The molecule has 2 aromatic rings. The van der Waals surface area contributed by atoms with Crippen LogP contribution in [0.15, 0.2) is 6.07 Å². The summed E-state index contributed by atoms with van der Waals surface area (Å²) in [5.74, 6) is 0. The number of hydrogen-bond donors (Lipinski definition) is 0. The number of halogens is 3. The number of alkyl halides is 1. The molecule has 1 unspecified atom stereocenters. The highest BCUT2D eigenvalue weighted by molar-refractivity contribution is 6.41. The third-order valence-electron chi connectivity index (χ3n) is 4.83. The number of hydrogen-bond acceptors (Lipinski definition) is 5. The number of imidazole rings is 1. The third-order valence-corrected chi connectivity index (χ3v) is 5.50. The van der Waals surface area contributed by atoms with Crippen LogP contribution in [0, 0.1) is 0 Å². The fourth-order valence-electron chi connectivity index (χ4n) is 3.44. The van der Waals surface area contributed by atoms with Crippen LogP contribution in [0.1, 0.15) is 38.8 Å². The van der Waals surface area contributed by atoms with Gasteiger partial charge in [0.25, 0.3) is 0 Å². The highest BCUT2D eigenvalue weighted by atomic mass is 35.5. The summed E-state index contributed by atoms with van der Waals surface area (Å²) in [6.45, 7) is 2.71. The topological polar surface area (TPSA) is 58.4 Å². The number of rotatable bonds is 4. The number of aromatic nitrogens is 3. The maximum Gasteiger partial charge on any atom is 0.301 e. The molecule has 0 saturated carbocycles. The van der Waals surface area contributed by atoms with Gasteiger partial charge >= 0.3 is 6.01 Å². The molecule has 2 aliphatic heterocycles. The fourth-order valence-corrected chi connectivity index (χ4v) is 3.72. The van der Waals surface area contributed by atoms with Crippen LogP contribution in [-0.4, -0.2) is 46.1 Å². The standard InChI is InChI=1S/C17H20Cl2FN3O3/c1-2-11-14(20)12(8-25-11)26-17-21-10-7-9(18)15(19)22-16(10)23(17)13-5-3-4-6-24-13/h7,11-14H,2-6,8H2,1H3/t11-,12-,13?,14+/m1/s1. The van der Waals surface area contributed by atoms with E-state index in [1.165, 1.54) is 0 Å². The molecule has 2 aromatic heterocycles. The molecule has 0 aromatic carbocycles. The lowest BCUT2D eigenvalue weighted by atomic mass is 10.1. The molecule has 0 amide bonds. The van der Waals surface area contributed by atoms with Crippen LogP contribution < -0.4 is 4.74 Å². The molecule has 6 nitrogen and oxygen atoms in total. The van der Waals surface area contributed by atoms with E-state index in [1.807, 2.05) is 6.92 Å². The molecule has 0 aliphatic carbocycles. The Kier molecular flexibility index (Phi) is 5.23. The van der Waals surface area contributed by atoms with Gasteiger partial charge in [0.1, 0.15) is 16.9 Å². The smallest absolute Gasteiger partial charge is 0.301 e. The first kappa shape index (κ1) is 18.2. The highest BCUT2D eigenvalue weighted by Gasteiger charge is 2.39. The minimum Gasteiger partial charge on any atom is -0.456 e. The van der Waals surface area contributed by atoms with Gasteiger partial charge in [0.05, 0.1) is 17.7 Å². The van der Waals surface area contributed by atoms with E-state index < -0.39 is 18.4 Å². The molecule has 2 saturated heterocycles.